The number of hydrogen-bond acceptors (Lipinski definition) is 3. The van der Waals surface area contributed by atoms with E-state index >= 15 is 0 Å². The molecule has 60 valence electrons. The zero-order valence-corrected chi connectivity index (χ0v) is 6.65. The van der Waals surface area contributed by atoms with Crippen LogP contribution in [0.25, 0.3) is 0 Å². The van der Waals surface area contributed by atoms with Crippen LogP contribution in [-0.2, 0) is 14.8 Å². The third-order valence-corrected chi connectivity index (χ3v) is 2.18. The Morgan fingerprint density at radius 2 is 2.30 bits per heavy atom. The van der Waals surface area contributed by atoms with Gasteiger partial charge in [-0.15, -0.1) is 0 Å². The molecule has 10 heavy (non-hydrogen) atoms. The zero-order valence-electron chi connectivity index (χ0n) is 5.83. The molecule has 5 heteroatoms. The van der Waals surface area contributed by atoms with Gasteiger partial charge in [0.2, 0.25) is 10.0 Å². The first-order chi connectivity index (χ1) is 4.62. The van der Waals surface area contributed by atoms with Crippen LogP contribution in [0.2, 0.25) is 0 Å². The molecule has 0 rings (SSSR count). The molecule has 0 aromatic heterocycles. The zero-order chi connectivity index (χ0) is 8.04. The molecule has 0 aliphatic carbocycles. The molecule has 0 amide bonds. The smallest absolute Gasteiger partial charge is 0.214 e. The standard InChI is InChI=1S/C5H11NO3S/c1-3-9-5-6-10(7,8)4-2/h3,6H,1,4-5H2,2H3. The van der Waals surface area contributed by atoms with E-state index in [0.717, 1.165) is 0 Å². The van der Waals surface area contributed by atoms with Gasteiger partial charge in [0.25, 0.3) is 0 Å². The Morgan fingerprint density at radius 1 is 1.70 bits per heavy atom. The quantitative estimate of drug-likeness (QED) is 0.355. The van der Waals surface area contributed by atoms with Gasteiger partial charge in [0.05, 0.1) is 12.0 Å². The van der Waals surface area contributed by atoms with Crippen molar-refractivity contribution in [1.29, 1.82) is 0 Å². The summed E-state index contributed by atoms with van der Waals surface area (Å²) in [5, 5.41) is 0. The molecule has 0 aromatic carbocycles. The SMILES string of the molecule is C=COCNS(=O)(=O)CC. The average Bonchev–Trinajstić information content (AvgIpc) is 1.89. The van der Waals surface area contributed by atoms with Crippen LogP contribution in [0.1, 0.15) is 6.92 Å². The van der Waals surface area contributed by atoms with Gasteiger partial charge in [-0.3, -0.25) is 0 Å². The first-order valence-corrected chi connectivity index (χ1v) is 4.47. The molecule has 0 aliphatic rings. The second-order valence-electron chi connectivity index (χ2n) is 1.53. The van der Waals surface area contributed by atoms with Crippen molar-refractivity contribution in [2.75, 3.05) is 12.5 Å². The van der Waals surface area contributed by atoms with Crippen LogP contribution in [0.15, 0.2) is 12.8 Å². The van der Waals surface area contributed by atoms with Gasteiger partial charge >= 0.3 is 0 Å². The third-order valence-electron chi connectivity index (χ3n) is 0.860. The molecule has 0 fully saturated rings. The van der Waals surface area contributed by atoms with Gasteiger partial charge in [-0.25, -0.2) is 8.42 Å². The summed E-state index contributed by atoms with van der Waals surface area (Å²) in [6.45, 7) is 4.76. The highest BCUT2D eigenvalue weighted by molar-refractivity contribution is 7.89. The van der Waals surface area contributed by atoms with Gasteiger partial charge in [-0.2, -0.15) is 4.72 Å². The summed E-state index contributed by atoms with van der Waals surface area (Å²) in [6, 6.07) is 0. The van der Waals surface area contributed by atoms with Crippen LogP contribution >= 0.6 is 0 Å². The van der Waals surface area contributed by atoms with E-state index in [4.69, 9.17) is 0 Å². The molecule has 0 radical (unpaired) electrons. The molecule has 0 bridgehead atoms. The summed E-state index contributed by atoms with van der Waals surface area (Å²) >= 11 is 0. The number of rotatable bonds is 5. The summed E-state index contributed by atoms with van der Waals surface area (Å²) in [7, 11) is -3.11. The molecule has 0 spiro atoms. The van der Waals surface area contributed by atoms with E-state index in [-0.39, 0.29) is 12.5 Å². The van der Waals surface area contributed by atoms with E-state index in [0.29, 0.717) is 0 Å². The Morgan fingerprint density at radius 3 is 2.70 bits per heavy atom. The largest absolute Gasteiger partial charge is 0.486 e. The fraction of sp³-hybridized carbons (Fsp3) is 0.600. The van der Waals surface area contributed by atoms with Crippen molar-refractivity contribution in [2.45, 2.75) is 6.92 Å². The fourth-order valence-electron chi connectivity index (χ4n) is 0.285. The first-order valence-electron chi connectivity index (χ1n) is 2.82. The van der Waals surface area contributed by atoms with E-state index in [1.165, 1.54) is 6.26 Å². The van der Waals surface area contributed by atoms with Crippen molar-refractivity contribution < 1.29 is 13.2 Å². The maximum atomic E-state index is 10.6. The fourth-order valence-corrected chi connectivity index (χ4v) is 0.737. The normalized spacial score (nSPS) is 10.9. The van der Waals surface area contributed by atoms with Crippen LogP contribution in [-0.4, -0.2) is 20.9 Å². The summed E-state index contributed by atoms with van der Waals surface area (Å²) < 4.78 is 28.0. The van der Waals surface area contributed by atoms with Crippen LogP contribution in [0, 0.1) is 0 Å². The molecule has 4 nitrogen and oxygen atoms in total. The second-order valence-corrected chi connectivity index (χ2v) is 3.62. The van der Waals surface area contributed by atoms with Crippen LogP contribution in [0.4, 0.5) is 0 Å². The topological polar surface area (TPSA) is 55.4 Å². The molecule has 0 unspecified atom stereocenters. The molecule has 0 heterocycles. The van der Waals surface area contributed by atoms with Crippen LogP contribution in [0.5, 0.6) is 0 Å². The highest BCUT2D eigenvalue weighted by atomic mass is 32.2. The molecule has 0 aromatic rings. The lowest BCUT2D eigenvalue weighted by Gasteiger charge is -2.01. The summed E-state index contributed by atoms with van der Waals surface area (Å²) in [5.41, 5.74) is 0. The minimum atomic E-state index is -3.11. The minimum Gasteiger partial charge on any atom is -0.486 e. The summed E-state index contributed by atoms with van der Waals surface area (Å²) in [4.78, 5) is 0. The van der Waals surface area contributed by atoms with E-state index in [1.54, 1.807) is 6.92 Å². The number of nitrogens with one attached hydrogen (secondary N) is 1. The lowest BCUT2D eigenvalue weighted by Crippen LogP contribution is -2.26. The number of sulfonamides is 1. The molecule has 0 saturated carbocycles. The van der Waals surface area contributed by atoms with E-state index in [9.17, 15) is 8.42 Å². The van der Waals surface area contributed by atoms with Gasteiger partial charge in [-0.05, 0) is 6.92 Å². The van der Waals surface area contributed by atoms with Crippen molar-refractivity contribution in [3.63, 3.8) is 0 Å². The highest BCUT2D eigenvalue weighted by Crippen LogP contribution is 1.81. The Bertz CT molecular complexity index is 185. The molecule has 1 N–H and O–H groups in total. The summed E-state index contributed by atoms with van der Waals surface area (Å²) in [6.07, 6.45) is 1.18. The lowest BCUT2D eigenvalue weighted by molar-refractivity contribution is 0.246. The maximum Gasteiger partial charge on any atom is 0.214 e. The van der Waals surface area contributed by atoms with Gasteiger partial charge < -0.3 is 4.74 Å². The molecular formula is C5H11NO3S. The van der Waals surface area contributed by atoms with E-state index < -0.39 is 10.0 Å². The third kappa shape index (κ3) is 4.34. The van der Waals surface area contributed by atoms with Gasteiger partial charge in [0.15, 0.2) is 6.73 Å². The predicted octanol–water partition coefficient (Wildman–Crippen LogP) is 0.0433. The van der Waals surface area contributed by atoms with Gasteiger partial charge in [0, 0.05) is 0 Å². The Balaban J connectivity index is 3.58. The highest BCUT2D eigenvalue weighted by Gasteiger charge is 2.03. The molecule has 0 atom stereocenters. The van der Waals surface area contributed by atoms with Crippen molar-refractivity contribution in [3.8, 4) is 0 Å². The Hall–Kier alpha value is -0.550. The number of hydrogen-bond donors (Lipinski definition) is 1. The van der Waals surface area contributed by atoms with Gasteiger partial charge in [0.1, 0.15) is 0 Å². The minimum absolute atomic E-state index is 0.0420. The number of ether oxygens (including phenoxy) is 1. The Kier molecular flexibility index (Phi) is 4.06. The van der Waals surface area contributed by atoms with Crippen molar-refractivity contribution in [1.82, 2.24) is 4.72 Å². The van der Waals surface area contributed by atoms with Crippen LogP contribution < -0.4 is 4.72 Å². The summed E-state index contributed by atoms with van der Waals surface area (Å²) in [5.74, 6) is 0.0630. The van der Waals surface area contributed by atoms with E-state index in [1.807, 2.05) is 0 Å². The van der Waals surface area contributed by atoms with Crippen LogP contribution in [0.3, 0.4) is 0 Å². The van der Waals surface area contributed by atoms with E-state index in [2.05, 4.69) is 16.0 Å². The van der Waals surface area contributed by atoms with Crippen molar-refractivity contribution >= 4 is 10.0 Å². The van der Waals surface area contributed by atoms with Crippen molar-refractivity contribution in [3.05, 3.63) is 12.8 Å². The first kappa shape index (κ1) is 9.45. The average molecular weight is 165 g/mol. The second kappa shape index (κ2) is 4.29. The lowest BCUT2D eigenvalue weighted by atomic mass is 11.0. The maximum absolute atomic E-state index is 10.6. The predicted molar refractivity (Wildman–Crippen MR) is 38.7 cm³/mol. The molecule has 0 saturated heterocycles. The van der Waals surface area contributed by atoms with Crippen molar-refractivity contribution in [2.24, 2.45) is 0 Å². The van der Waals surface area contributed by atoms with Gasteiger partial charge in [-0.1, -0.05) is 6.58 Å². The molecule has 0 aliphatic heterocycles. The molecular weight excluding hydrogens is 154 g/mol. The Labute approximate surface area is 60.9 Å². The monoisotopic (exact) mass is 165 g/mol.